The minimum Gasteiger partial charge on any atom is -0.497 e. The zero-order valence-electron chi connectivity index (χ0n) is 19.7. The van der Waals surface area contributed by atoms with E-state index in [4.69, 9.17) is 9.47 Å². The van der Waals surface area contributed by atoms with Gasteiger partial charge in [0, 0.05) is 43.2 Å². The minimum atomic E-state index is 0.350. The monoisotopic (exact) mass is 442 g/mol. The third-order valence-electron chi connectivity index (χ3n) is 7.35. The van der Waals surface area contributed by atoms with Crippen LogP contribution in [0.1, 0.15) is 35.4 Å². The predicted molar refractivity (Wildman–Crippen MR) is 133 cm³/mol. The molecule has 4 nitrogen and oxygen atoms in total. The van der Waals surface area contributed by atoms with E-state index in [1.165, 1.54) is 36.1 Å². The molecule has 0 bridgehead atoms. The van der Waals surface area contributed by atoms with Gasteiger partial charge < -0.3 is 9.47 Å². The minimum absolute atomic E-state index is 0.350. The lowest BCUT2D eigenvalue weighted by molar-refractivity contribution is 0.0380. The summed E-state index contributed by atoms with van der Waals surface area (Å²) in [5.74, 6) is 2.17. The quantitative estimate of drug-likeness (QED) is 0.503. The van der Waals surface area contributed by atoms with Crippen LogP contribution in [0.15, 0.2) is 78.9 Å². The van der Waals surface area contributed by atoms with Crippen molar-refractivity contribution >= 4 is 0 Å². The number of piperazine rings is 1. The first-order valence-electron chi connectivity index (χ1n) is 12.1. The molecule has 2 aliphatic heterocycles. The van der Waals surface area contributed by atoms with Crippen molar-refractivity contribution in [3.05, 3.63) is 95.6 Å². The van der Waals surface area contributed by atoms with Crippen LogP contribution < -0.4 is 9.47 Å². The molecule has 2 aliphatic rings. The highest BCUT2D eigenvalue weighted by atomic mass is 16.5. The van der Waals surface area contributed by atoms with E-state index in [9.17, 15) is 0 Å². The maximum Gasteiger partial charge on any atom is 0.123 e. The molecule has 2 atom stereocenters. The highest BCUT2D eigenvalue weighted by molar-refractivity contribution is 5.40. The van der Waals surface area contributed by atoms with Crippen LogP contribution in [0, 0.1) is 0 Å². The highest BCUT2D eigenvalue weighted by Crippen LogP contribution is 2.38. The van der Waals surface area contributed by atoms with Gasteiger partial charge in [0.25, 0.3) is 0 Å². The van der Waals surface area contributed by atoms with Gasteiger partial charge >= 0.3 is 0 Å². The summed E-state index contributed by atoms with van der Waals surface area (Å²) in [7, 11) is 3.48. The maximum atomic E-state index is 5.69. The Hall–Kier alpha value is -2.82. The van der Waals surface area contributed by atoms with E-state index >= 15 is 0 Å². The van der Waals surface area contributed by atoms with Crippen molar-refractivity contribution in [3.63, 3.8) is 0 Å². The number of nitrogens with zero attached hydrogens (tertiary/aromatic N) is 2. The molecule has 3 aromatic rings. The van der Waals surface area contributed by atoms with E-state index in [0.29, 0.717) is 18.0 Å². The highest BCUT2D eigenvalue weighted by Gasteiger charge is 2.41. The van der Waals surface area contributed by atoms with Crippen LogP contribution in [0.5, 0.6) is 11.5 Å². The van der Waals surface area contributed by atoms with Gasteiger partial charge in [-0.2, -0.15) is 0 Å². The summed E-state index contributed by atoms with van der Waals surface area (Å²) < 4.78 is 11.2. The van der Waals surface area contributed by atoms with Crippen LogP contribution in [-0.2, 0) is 6.54 Å². The van der Waals surface area contributed by atoms with Crippen molar-refractivity contribution in [2.24, 2.45) is 0 Å². The Labute approximate surface area is 197 Å². The largest absolute Gasteiger partial charge is 0.497 e. The Morgan fingerprint density at radius 1 is 0.848 bits per heavy atom. The summed E-state index contributed by atoms with van der Waals surface area (Å²) in [6, 6.07) is 29.3. The van der Waals surface area contributed by atoms with E-state index in [0.717, 1.165) is 31.1 Å². The normalized spacial score (nSPS) is 21.2. The zero-order valence-corrected chi connectivity index (χ0v) is 19.7. The zero-order chi connectivity index (χ0) is 22.6. The smallest absolute Gasteiger partial charge is 0.123 e. The number of hydrogen-bond acceptors (Lipinski definition) is 4. The van der Waals surface area contributed by atoms with Gasteiger partial charge in [-0.1, -0.05) is 60.7 Å². The molecule has 0 N–H and O–H groups in total. The van der Waals surface area contributed by atoms with Gasteiger partial charge in [0.05, 0.1) is 14.2 Å². The molecule has 3 aromatic carbocycles. The first-order valence-corrected chi connectivity index (χ1v) is 12.1. The second-order valence-electron chi connectivity index (χ2n) is 9.27. The lowest BCUT2D eigenvalue weighted by Gasteiger charge is -2.47. The molecule has 4 heteroatoms. The third kappa shape index (κ3) is 4.64. The lowest BCUT2D eigenvalue weighted by Crippen LogP contribution is -2.57. The van der Waals surface area contributed by atoms with Crippen molar-refractivity contribution in [3.8, 4) is 11.5 Å². The average molecular weight is 443 g/mol. The Morgan fingerprint density at radius 2 is 1.55 bits per heavy atom. The Morgan fingerprint density at radius 3 is 2.18 bits per heavy atom. The van der Waals surface area contributed by atoms with E-state index in [-0.39, 0.29) is 0 Å². The van der Waals surface area contributed by atoms with Crippen molar-refractivity contribution in [2.75, 3.05) is 33.9 Å². The Bertz CT molecular complexity index is 1000. The molecule has 2 unspecified atom stereocenters. The first kappa shape index (κ1) is 22.0. The van der Waals surface area contributed by atoms with Gasteiger partial charge in [-0.25, -0.2) is 0 Å². The van der Waals surface area contributed by atoms with Gasteiger partial charge in [0.1, 0.15) is 11.5 Å². The van der Waals surface area contributed by atoms with Gasteiger partial charge in [0.15, 0.2) is 0 Å². The Kier molecular flexibility index (Phi) is 6.65. The SMILES string of the molecule is COc1ccc(OC)c(CN2CC3CCCN3C(C(c3ccccc3)c3ccccc3)C2)c1. The molecule has 2 saturated heterocycles. The number of ether oxygens (including phenoxy) is 2. The summed E-state index contributed by atoms with van der Waals surface area (Å²) in [4.78, 5) is 5.43. The molecule has 0 radical (unpaired) electrons. The van der Waals surface area contributed by atoms with E-state index in [1.54, 1.807) is 14.2 Å². The number of methoxy groups -OCH3 is 2. The van der Waals surface area contributed by atoms with E-state index in [2.05, 4.69) is 76.5 Å². The summed E-state index contributed by atoms with van der Waals surface area (Å²) in [5.41, 5.74) is 4.00. The fourth-order valence-corrected chi connectivity index (χ4v) is 5.86. The maximum absolute atomic E-state index is 5.69. The fraction of sp³-hybridized carbons (Fsp3) is 0.379. The van der Waals surface area contributed by atoms with Crippen LogP contribution in [0.4, 0.5) is 0 Å². The third-order valence-corrected chi connectivity index (χ3v) is 7.35. The summed E-state index contributed by atoms with van der Waals surface area (Å²) in [6.07, 6.45) is 2.56. The lowest BCUT2D eigenvalue weighted by atomic mass is 9.82. The summed E-state index contributed by atoms with van der Waals surface area (Å²) in [5, 5.41) is 0. The molecule has 0 aromatic heterocycles. The van der Waals surface area contributed by atoms with Crippen molar-refractivity contribution < 1.29 is 9.47 Å². The predicted octanol–water partition coefficient (Wildman–Crippen LogP) is 5.18. The van der Waals surface area contributed by atoms with Crippen molar-refractivity contribution in [1.82, 2.24) is 9.80 Å². The van der Waals surface area contributed by atoms with Crippen LogP contribution in [0.3, 0.4) is 0 Å². The summed E-state index contributed by atoms with van der Waals surface area (Å²) >= 11 is 0. The second-order valence-corrected chi connectivity index (χ2v) is 9.27. The first-order chi connectivity index (χ1) is 16.3. The van der Waals surface area contributed by atoms with Gasteiger partial charge in [0.2, 0.25) is 0 Å². The molecule has 2 heterocycles. The number of benzene rings is 3. The fourth-order valence-electron chi connectivity index (χ4n) is 5.86. The van der Waals surface area contributed by atoms with Gasteiger partial charge in [-0.15, -0.1) is 0 Å². The molecule has 5 rings (SSSR count). The van der Waals surface area contributed by atoms with Crippen LogP contribution in [0.2, 0.25) is 0 Å². The standard InChI is InChI=1S/C29H34N2O2/c1-32-26-15-16-28(33-2)24(18-26)19-30-20-25-14-9-17-31(25)27(21-30)29(22-10-5-3-6-11-22)23-12-7-4-8-13-23/h3-8,10-13,15-16,18,25,27,29H,9,14,17,19-21H2,1-2H3. The van der Waals surface area contributed by atoms with Crippen molar-refractivity contribution in [2.45, 2.75) is 37.4 Å². The number of fused-ring (bicyclic) bond motifs is 1. The molecular weight excluding hydrogens is 408 g/mol. The molecule has 172 valence electrons. The molecule has 0 amide bonds. The molecule has 0 aliphatic carbocycles. The summed E-state index contributed by atoms with van der Waals surface area (Å²) in [6.45, 7) is 4.21. The molecule has 33 heavy (non-hydrogen) atoms. The molecule has 0 saturated carbocycles. The number of hydrogen-bond donors (Lipinski definition) is 0. The van der Waals surface area contributed by atoms with Gasteiger partial charge in [-0.3, -0.25) is 9.80 Å². The van der Waals surface area contributed by atoms with Gasteiger partial charge in [-0.05, 0) is 48.7 Å². The van der Waals surface area contributed by atoms with E-state index in [1.807, 2.05) is 12.1 Å². The van der Waals surface area contributed by atoms with Crippen LogP contribution in [-0.4, -0.2) is 55.7 Å². The number of rotatable bonds is 7. The van der Waals surface area contributed by atoms with Crippen LogP contribution >= 0.6 is 0 Å². The van der Waals surface area contributed by atoms with Crippen LogP contribution in [0.25, 0.3) is 0 Å². The second kappa shape index (κ2) is 9.98. The molecule has 0 spiro atoms. The topological polar surface area (TPSA) is 24.9 Å². The van der Waals surface area contributed by atoms with E-state index < -0.39 is 0 Å². The molecule has 2 fully saturated rings. The average Bonchev–Trinajstić information content (AvgIpc) is 3.34. The molecular formula is C29H34N2O2. The van der Waals surface area contributed by atoms with Crippen molar-refractivity contribution in [1.29, 1.82) is 0 Å². The Balaban J connectivity index is 1.49.